The van der Waals surface area contributed by atoms with Crippen LogP contribution in [0.5, 0.6) is 0 Å². The zero-order valence-electron chi connectivity index (χ0n) is 19.4. The van der Waals surface area contributed by atoms with Crippen molar-refractivity contribution in [1.82, 2.24) is 15.2 Å². The molecule has 0 atom stereocenters. The van der Waals surface area contributed by atoms with E-state index in [-0.39, 0.29) is 24.6 Å². The van der Waals surface area contributed by atoms with E-state index in [1.54, 1.807) is 24.0 Å². The van der Waals surface area contributed by atoms with Crippen molar-refractivity contribution in [3.63, 3.8) is 0 Å². The fourth-order valence-corrected chi connectivity index (χ4v) is 5.16. The highest BCUT2D eigenvalue weighted by Gasteiger charge is 2.48. The molecule has 0 saturated heterocycles. The number of rotatable bonds is 8. The van der Waals surface area contributed by atoms with Gasteiger partial charge >= 0.3 is 0 Å². The summed E-state index contributed by atoms with van der Waals surface area (Å²) in [5.74, 6) is 0.0616. The second kappa shape index (κ2) is 8.96. The molecule has 2 aliphatic rings. The first kappa shape index (κ1) is 23.3. The lowest BCUT2D eigenvalue weighted by Crippen LogP contribution is -2.53. The van der Waals surface area contributed by atoms with E-state index in [4.69, 9.17) is 0 Å². The molecule has 35 heavy (non-hydrogen) atoms. The monoisotopic (exact) mass is 479 g/mol. The third-order valence-electron chi connectivity index (χ3n) is 7.06. The second-order valence-corrected chi connectivity index (χ2v) is 9.90. The number of hydrogen-bond acceptors (Lipinski definition) is 6. The van der Waals surface area contributed by atoms with Crippen LogP contribution in [0.25, 0.3) is 11.3 Å². The summed E-state index contributed by atoms with van der Waals surface area (Å²) < 4.78 is 28.1. The summed E-state index contributed by atoms with van der Waals surface area (Å²) in [7, 11) is 0. The van der Waals surface area contributed by atoms with E-state index in [2.05, 4.69) is 20.5 Å². The van der Waals surface area contributed by atoms with E-state index in [0.717, 1.165) is 17.7 Å². The number of carbonyl (C=O) groups is 1. The van der Waals surface area contributed by atoms with Crippen molar-refractivity contribution in [3.05, 3.63) is 66.2 Å². The van der Waals surface area contributed by atoms with Gasteiger partial charge in [0.05, 0.1) is 17.0 Å². The lowest BCUT2D eigenvalue weighted by Gasteiger charge is -2.45. The highest BCUT2D eigenvalue weighted by Crippen LogP contribution is 2.45. The first-order valence-electron chi connectivity index (χ1n) is 11.7. The molecule has 0 bridgehead atoms. The molecule has 1 amide bonds. The van der Waals surface area contributed by atoms with Gasteiger partial charge in [-0.2, -0.15) is 0 Å². The Morgan fingerprint density at radius 2 is 1.94 bits per heavy atom. The van der Waals surface area contributed by atoms with Gasteiger partial charge in [-0.15, -0.1) is 10.2 Å². The Bertz CT molecular complexity index is 1210. The zero-order valence-corrected chi connectivity index (χ0v) is 19.4. The van der Waals surface area contributed by atoms with Crippen LogP contribution in [0.15, 0.2) is 54.7 Å². The quantitative estimate of drug-likeness (QED) is 0.474. The molecule has 2 aliphatic carbocycles. The van der Waals surface area contributed by atoms with Crippen LogP contribution >= 0.6 is 0 Å². The molecule has 2 N–H and O–H groups in total. The molecule has 9 heteroatoms. The molecule has 2 heterocycles. The molecule has 182 valence electrons. The fourth-order valence-electron chi connectivity index (χ4n) is 5.16. The summed E-state index contributed by atoms with van der Waals surface area (Å²) in [6.07, 6.45) is 2.81. The van der Waals surface area contributed by atoms with Crippen molar-refractivity contribution in [2.75, 3.05) is 16.8 Å². The van der Waals surface area contributed by atoms with Gasteiger partial charge in [-0.05, 0) is 69.0 Å². The number of hydrogen-bond donors (Lipinski definition) is 2. The number of amides is 1. The number of alkyl halides is 1. The summed E-state index contributed by atoms with van der Waals surface area (Å²) in [5.41, 5.74) is 0.975. The summed E-state index contributed by atoms with van der Waals surface area (Å²) in [5, 5.41) is 21.7. The molecule has 2 fully saturated rings. The van der Waals surface area contributed by atoms with Gasteiger partial charge in [0.2, 0.25) is 6.41 Å². The molecule has 0 aliphatic heterocycles. The minimum absolute atomic E-state index is 0.0397. The normalized spacial score (nSPS) is 27.4. The molecule has 0 spiro atoms. The maximum atomic E-state index is 14.4. The smallest absolute Gasteiger partial charge is 0.214 e. The van der Waals surface area contributed by atoms with E-state index < -0.39 is 23.0 Å². The van der Waals surface area contributed by atoms with E-state index >= 15 is 0 Å². The van der Waals surface area contributed by atoms with Gasteiger partial charge in [-0.3, -0.25) is 9.78 Å². The minimum atomic E-state index is -0.976. The topological polar surface area (TPSA) is 91.2 Å². The Kier molecular flexibility index (Phi) is 5.96. The Morgan fingerprint density at radius 3 is 2.57 bits per heavy atom. The van der Waals surface area contributed by atoms with Crippen molar-refractivity contribution in [1.29, 1.82) is 0 Å². The molecular weight excluding hydrogens is 452 g/mol. The Balaban J connectivity index is 1.28. The number of aromatic nitrogens is 3. The molecule has 1 aromatic carbocycles. The van der Waals surface area contributed by atoms with E-state index in [1.165, 1.54) is 18.3 Å². The van der Waals surface area contributed by atoms with Gasteiger partial charge in [0.25, 0.3) is 0 Å². The van der Waals surface area contributed by atoms with Crippen LogP contribution in [0.1, 0.15) is 38.3 Å². The standard InChI is InChI=1S/C26H27F2N5O2/c1-25(35)13-20(14-25)33(16-34)19-5-2-4-17(10-19)22-7-8-23(32-31-22)30-15-26(11-18(27)12-26)24-21(28)6-3-9-29-24/h2-10,16,18,20,35H,11-15H2,1H3,(H,30,32). The number of anilines is 2. The average molecular weight is 480 g/mol. The van der Waals surface area contributed by atoms with Crippen LogP contribution in [-0.4, -0.2) is 51.1 Å². The van der Waals surface area contributed by atoms with Crippen molar-refractivity contribution >= 4 is 17.9 Å². The minimum Gasteiger partial charge on any atom is -0.390 e. The lowest BCUT2D eigenvalue weighted by atomic mass is 9.65. The summed E-state index contributed by atoms with van der Waals surface area (Å²) >= 11 is 0. The van der Waals surface area contributed by atoms with Gasteiger partial charge in [0.1, 0.15) is 17.8 Å². The molecule has 0 radical (unpaired) electrons. The molecule has 2 saturated carbocycles. The molecule has 3 aromatic rings. The Hall–Kier alpha value is -3.46. The van der Waals surface area contributed by atoms with Crippen LogP contribution < -0.4 is 10.2 Å². The molecule has 5 rings (SSSR count). The molecule has 0 unspecified atom stereocenters. The second-order valence-electron chi connectivity index (χ2n) is 9.90. The number of aliphatic hydroxyl groups is 1. The van der Waals surface area contributed by atoms with Crippen molar-refractivity contribution in [3.8, 4) is 11.3 Å². The van der Waals surface area contributed by atoms with Crippen LogP contribution in [0.4, 0.5) is 20.3 Å². The van der Waals surface area contributed by atoms with Crippen LogP contribution in [-0.2, 0) is 10.2 Å². The first-order valence-corrected chi connectivity index (χ1v) is 11.7. The maximum Gasteiger partial charge on any atom is 0.214 e. The molecule has 7 nitrogen and oxygen atoms in total. The largest absolute Gasteiger partial charge is 0.390 e. The van der Waals surface area contributed by atoms with Crippen LogP contribution in [0.3, 0.4) is 0 Å². The SMILES string of the molecule is CC1(O)CC(N(C=O)c2cccc(-c3ccc(NCC4(c5ncccc5F)CC(F)C4)nn3)c2)C1. The van der Waals surface area contributed by atoms with E-state index in [9.17, 15) is 18.7 Å². The summed E-state index contributed by atoms with van der Waals surface area (Å²) in [6, 6.07) is 13.9. The maximum absolute atomic E-state index is 14.4. The zero-order chi connectivity index (χ0) is 24.6. The van der Waals surface area contributed by atoms with Crippen LogP contribution in [0, 0.1) is 5.82 Å². The number of halogens is 2. The number of pyridine rings is 1. The Morgan fingerprint density at radius 1 is 1.14 bits per heavy atom. The van der Waals surface area contributed by atoms with Gasteiger partial charge in [-0.1, -0.05) is 12.1 Å². The average Bonchev–Trinajstić information content (AvgIpc) is 2.81. The third kappa shape index (κ3) is 4.60. The fraction of sp³-hybridized carbons (Fsp3) is 0.385. The Labute approximate surface area is 202 Å². The van der Waals surface area contributed by atoms with E-state index in [1.807, 2.05) is 24.3 Å². The first-order chi connectivity index (χ1) is 16.8. The number of benzene rings is 1. The summed E-state index contributed by atoms with van der Waals surface area (Å²) in [6.45, 7) is 2.06. The number of nitrogens with one attached hydrogen (secondary N) is 1. The third-order valence-corrected chi connectivity index (χ3v) is 7.06. The van der Waals surface area contributed by atoms with Crippen molar-refractivity contribution < 1.29 is 18.7 Å². The highest BCUT2D eigenvalue weighted by molar-refractivity contribution is 5.79. The van der Waals surface area contributed by atoms with Crippen LogP contribution in [0.2, 0.25) is 0 Å². The highest BCUT2D eigenvalue weighted by atomic mass is 19.1. The predicted octanol–water partition coefficient (Wildman–Crippen LogP) is 4.04. The predicted molar refractivity (Wildman–Crippen MR) is 128 cm³/mol. The van der Waals surface area contributed by atoms with Crippen molar-refractivity contribution in [2.24, 2.45) is 0 Å². The van der Waals surface area contributed by atoms with Gasteiger partial charge in [-0.25, -0.2) is 8.78 Å². The summed E-state index contributed by atoms with van der Waals surface area (Å²) in [4.78, 5) is 17.5. The lowest BCUT2D eigenvalue weighted by molar-refractivity contribution is -0.109. The van der Waals surface area contributed by atoms with Gasteiger partial charge in [0.15, 0.2) is 0 Å². The number of nitrogens with zero attached hydrogens (tertiary/aromatic N) is 4. The van der Waals surface area contributed by atoms with E-state index in [0.29, 0.717) is 30.9 Å². The number of carbonyl (C=O) groups excluding carboxylic acids is 1. The van der Waals surface area contributed by atoms with Gasteiger partial charge in [0, 0.05) is 35.4 Å². The molecular formula is C26H27F2N5O2. The van der Waals surface area contributed by atoms with Gasteiger partial charge < -0.3 is 15.3 Å². The molecule has 2 aromatic heterocycles. The van der Waals surface area contributed by atoms with Crippen molar-refractivity contribution in [2.45, 2.75) is 55.8 Å².